The lowest BCUT2D eigenvalue weighted by Crippen LogP contribution is -2.47. The standard InChI is InChI=1S/C67H119N2O7P/c1-7-10-13-16-19-22-25-28-30-32-33-34-35-37-39-42-45-48-51-54-57-60-67(71)76-65(58-55-52-49-46-43-40-27-24-21-18-15-12-9-3)64(63-75-77(72,73)74-62-61-69(4,5)6)68-66(70)59-56-53-50-47-44-41-38-36-31-29-26-23-20-17-14-11-8-2/h10,13,19-20,22-23,28-31,33-34,37,39,55,58,64-65H,7-9,11-12,14-18,21,24-27,32,35-36,38,40-54,56-57,59-63H2,1-6H3,(H-,68,70,72,73)/p+1/b13-10-,22-19-,23-20-,30-28-,31-29-,34-33-,39-37-,58-55+. The van der Waals surface area contributed by atoms with Crippen molar-refractivity contribution in [2.24, 2.45) is 0 Å². The number of rotatable bonds is 56. The third kappa shape index (κ3) is 57.4. The summed E-state index contributed by atoms with van der Waals surface area (Å²) in [4.78, 5) is 37.8. The molecule has 0 aliphatic heterocycles. The lowest BCUT2D eigenvalue weighted by atomic mass is 10.0. The number of phosphoric acid groups is 1. The molecule has 0 aromatic heterocycles. The number of esters is 1. The van der Waals surface area contributed by atoms with Crippen molar-refractivity contribution in [1.82, 2.24) is 5.32 Å². The number of phosphoric ester groups is 1. The molecular weight excluding hydrogens is 976 g/mol. The molecule has 0 aliphatic rings. The maximum absolute atomic E-state index is 13.6. The maximum atomic E-state index is 13.6. The van der Waals surface area contributed by atoms with Crippen molar-refractivity contribution >= 4 is 19.7 Å². The van der Waals surface area contributed by atoms with Crippen molar-refractivity contribution in [3.63, 3.8) is 0 Å². The van der Waals surface area contributed by atoms with Gasteiger partial charge in [0.2, 0.25) is 5.91 Å². The summed E-state index contributed by atoms with van der Waals surface area (Å²) in [6, 6.07) is -0.866. The number of nitrogens with one attached hydrogen (secondary N) is 1. The molecular formula is C67H120N2O7P+. The molecule has 0 rings (SSSR count). The molecule has 0 saturated carbocycles. The summed E-state index contributed by atoms with van der Waals surface area (Å²) in [6.07, 6.45) is 75.4. The number of quaternary nitrogens is 1. The van der Waals surface area contributed by atoms with Gasteiger partial charge in [-0.15, -0.1) is 0 Å². The molecule has 1 amide bonds. The Morgan fingerprint density at radius 3 is 1.27 bits per heavy atom. The molecule has 0 spiro atoms. The van der Waals surface area contributed by atoms with Gasteiger partial charge in [-0.3, -0.25) is 18.6 Å². The van der Waals surface area contributed by atoms with Gasteiger partial charge in [-0.25, -0.2) is 4.57 Å². The molecule has 9 nitrogen and oxygen atoms in total. The van der Waals surface area contributed by atoms with E-state index in [0.29, 0.717) is 23.9 Å². The van der Waals surface area contributed by atoms with Crippen LogP contribution in [0.4, 0.5) is 0 Å². The molecule has 2 N–H and O–H groups in total. The predicted octanol–water partition coefficient (Wildman–Crippen LogP) is 19.6. The molecule has 77 heavy (non-hydrogen) atoms. The van der Waals surface area contributed by atoms with Crippen LogP contribution in [0.3, 0.4) is 0 Å². The van der Waals surface area contributed by atoms with Gasteiger partial charge in [-0.05, 0) is 109 Å². The minimum atomic E-state index is -4.46. The van der Waals surface area contributed by atoms with E-state index in [2.05, 4.69) is 111 Å². The van der Waals surface area contributed by atoms with Gasteiger partial charge in [-0.2, -0.15) is 0 Å². The quantitative estimate of drug-likeness (QED) is 0.0205. The zero-order valence-corrected chi connectivity index (χ0v) is 51.6. The van der Waals surface area contributed by atoms with Crippen molar-refractivity contribution in [3.8, 4) is 0 Å². The number of ether oxygens (including phenoxy) is 1. The number of nitrogens with zero attached hydrogens (tertiary/aromatic N) is 1. The second kappa shape index (κ2) is 56.2. The summed E-state index contributed by atoms with van der Waals surface area (Å²) in [5.74, 6) is -0.538. The molecule has 3 atom stereocenters. The van der Waals surface area contributed by atoms with Crippen LogP contribution < -0.4 is 5.32 Å². The number of hydrogen-bond donors (Lipinski definition) is 2. The van der Waals surface area contributed by atoms with E-state index in [1.807, 2.05) is 33.3 Å². The highest BCUT2D eigenvalue weighted by atomic mass is 31.2. The van der Waals surface area contributed by atoms with E-state index in [9.17, 15) is 19.0 Å². The summed E-state index contributed by atoms with van der Waals surface area (Å²) in [6.45, 7) is 6.86. The number of likely N-dealkylation sites (N-methyl/N-ethyl adjacent to an activating group) is 1. The van der Waals surface area contributed by atoms with E-state index in [1.54, 1.807) is 0 Å². The number of amides is 1. The number of unbranched alkanes of at least 4 members (excludes halogenated alkanes) is 26. The first-order valence-corrected chi connectivity index (χ1v) is 33.1. The third-order valence-electron chi connectivity index (χ3n) is 13.5. The van der Waals surface area contributed by atoms with E-state index in [-0.39, 0.29) is 31.5 Å². The first kappa shape index (κ1) is 73.9. The van der Waals surface area contributed by atoms with E-state index in [1.165, 1.54) is 103 Å². The SMILES string of the molecule is CC/C=C\C/C=C\C/C=C\C/C=C\C/C=C\CCCCCCCC(=O)OC(/C=C/CCCCCCCCCCCCC)C(COP(=O)(O)OCC[N+](C)(C)C)NC(=O)CCCCCCCCC/C=C\C/C=C\CCCCC. The molecule has 0 bridgehead atoms. The molecule has 0 saturated heterocycles. The molecule has 444 valence electrons. The minimum Gasteiger partial charge on any atom is -0.456 e. The van der Waals surface area contributed by atoms with Crippen LogP contribution in [-0.2, 0) is 27.9 Å². The summed E-state index contributed by atoms with van der Waals surface area (Å²) in [5.41, 5.74) is 0. The Balaban J connectivity index is 5.33. The molecule has 0 heterocycles. The number of carbonyl (C=O) groups excluding carboxylic acids is 2. The monoisotopic (exact) mass is 1100 g/mol. The molecule has 0 fully saturated rings. The average Bonchev–Trinajstić information content (AvgIpc) is 3.39. The third-order valence-corrected chi connectivity index (χ3v) is 14.5. The Morgan fingerprint density at radius 1 is 0.468 bits per heavy atom. The topological polar surface area (TPSA) is 111 Å². The van der Waals surface area contributed by atoms with Crippen molar-refractivity contribution in [3.05, 3.63) is 97.2 Å². The van der Waals surface area contributed by atoms with Gasteiger partial charge >= 0.3 is 13.8 Å². The Kier molecular flexibility index (Phi) is 54.0. The van der Waals surface area contributed by atoms with Crippen LogP contribution in [0.2, 0.25) is 0 Å². The smallest absolute Gasteiger partial charge is 0.456 e. The van der Waals surface area contributed by atoms with Gasteiger partial charge in [0.1, 0.15) is 19.3 Å². The van der Waals surface area contributed by atoms with Gasteiger partial charge in [0.25, 0.3) is 0 Å². The largest absolute Gasteiger partial charge is 0.472 e. The first-order chi connectivity index (χ1) is 37.4. The van der Waals surface area contributed by atoms with Crippen molar-refractivity contribution in [1.29, 1.82) is 0 Å². The van der Waals surface area contributed by atoms with E-state index >= 15 is 0 Å². The first-order valence-electron chi connectivity index (χ1n) is 31.6. The average molecular weight is 1100 g/mol. The Bertz CT molecular complexity index is 1640. The van der Waals surface area contributed by atoms with Gasteiger partial charge < -0.3 is 19.4 Å². The molecule has 0 aromatic carbocycles. The van der Waals surface area contributed by atoms with E-state index < -0.39 is 20.0 Å². The highest BCUT2D eigenvalue weighted by molar-refractivity contribution is 7.47. The van der Waals surface area contributed by atoms with Gasteiger partial charge in [0, 0.05) is 12.8 Å². The number of allylic oxidation sites excluding steroid dienone is 15. The zero-order valence-electron chi connectivity index (χ0n) is 50.7. The van der Waals surface area contributed by atoms with Crippen LogP contribution in [0.1, 0.15) is 265 Å². The molecule has 10 heteroatoms. The number of hydrogen-bond acceptors (Lipinski definition) is 6. The summed E-state index contributed by atoms with van der Waals surface area (Å²) in [5, 5.41) is 3.05. The maximum Gasteiger partial charge on any atom is 0.472 e. The normalized spacial score (nSPS) is 14.3. The fourth-order valence-electron chi connectivity index (χ4n) is 8.64. The van der Waals surface area contributed by atoms with Crippen LogP contribution in [-0.4, -0.2) is 74.3 Å². The van der Waals surface area contributed by atoms with Crippen molar-refractivity contribution < 1.29 is 37.3 Å². The van der Waals surface area contributed by atoms with Crippen LogP contribution >= 0.6 is 7.82 Å². The van der Waals surface area contributed by atoms with Gasteiger partial charge in [0.15, 0.2) is 0 Å². The second-order valence-electron chi connectivity index (χ2n) is 22.2. The highest BCUT2D eigenvalue weighted by Crippen LogP contribution is 2.43. The minimum absolute atomic E-state index is 0.0309. The van der Waals surface area contributed by atoms with E-state index in [0.717, 1.165) is 122 Å². The summed E-state index contributed by atoms with van der Waals surface area (Å²) < 4.78 is 30.7. The van der Waals surface area contributed by atoms with Crippen LogP contribution in [0.25, 0.3) is 0 Å². The van der Waals surface area contributed by atoms with Crippen LogP contribution in [0.5, 0.6) is 0 Å². The van der Waals surface area contributed by atoms with Gasteiger partial charge in [0.05, 0.1) is 33.8 Å². The summed E-state index contributed by atoms with van der Waals surface area (Å²) >= 11 is 0. The predicted molar refractivity (Wildman–Crippen MR) is 332 cm³/mol. The van der Waals surface area contributed by atoms with Crippen molar-refractivity contribution in [2.45, 2.75) is 277 Å². The van der Waals surface area contributed by atoms with Gasteiger partial charge in [-0.1, -0.05) is 240 Å². The second-order valence-corrected chi connectivity index (χ2v) is 23.6. The highest BCUT2D eigenvalue weighted by Gasteiger charge is 2.30. The number of carbonyl (C=O) groups is 2. The van der Waals surface area contributed by atoms with Crippen LogP contribution in [0, 0.1) is 0 Å². The molecule has 0 aliphatic carbocycles. The lowest BCUT2D eigenvalue weighted by Gasteiger charge is -2.27. The molecule has 0 radical (unpaired) electrons. The summed E-state index contributed by atoms with van der Waals surface area (Å²) in [7, 11) is 1.47. The van der Waals surface area contributed by atoms with Crippen LogP contribution in [0.15, 0.2) is 97.2 Å². The van der Waals surface area contributed by atoms with Crippen molar-refractivity contribution in [2.75, 3.05) is 40.9 Å². The Hall–Kier alpha value is -3.07. The zero-order chi connectivity index (χ0) is 56.4. The Morgan fingerprint density at radius 2 is 0.831 bits per heavy atom. The lowest BCUT2D eigenvalue weighted by molar-refractivity contribution is -0.870. The van der Waals surface area contributed by atoms with E-state index in [4.69, 9.17) is 13.8 Å². The Labute approximate surface area is 475 Å². The molecule has 3 unspecified atom stereocenters. The fourth-order valence-corrected chi connectivity index (χ4v) is 9.38. The molecule has 0 aromatic rings. The fraction of sp³-hybridized carbons (Fsp3) is 0.731.